The number of hydrogen-bond acceptors (Lipinski definition) is 5. The van der Waals surface area contributed by atoms with Gasteiger partial charge in [-0.25, -0.2) is 9.97 Å². The molecule has 1 unspecified atom stereocenters. The van der Waals surface area contributed by atoms with Crippen molar-refractivity contribution in [2.75, 3.05) is 11.4 Å². The second kappa shape index (κ2) is 5.07. The molecule has 0 radical (unpaired) electrons. The van der Waals surface area contributed by atoms with E-state index in [-0.39, 0.29) is 17.2 Å². The second-order valence-corrected chi connectivity index (χ2v) is 7.05. The topological polar surface area (TPSA) is 93.7 Å². The third-order valence-corrected chi connectivity index (χ3v) is 5.16. The first-order chi connectivity index (χ1) is 10.8. The number of amidine groups is 1. The number of aromatic nitrogens is 2. The van der Waals surface area contributed by atoms with Crippen molar-refractivity contribution in [3.05, 3.63) is 41.9 Å². The highest BCUT2D eigenvalue weighted by Crippen LogP contribution is 2.50. The summed E-state index contributed by atoms with van der Waals surface area (Å²) in [4.78, 5) is 22.3. The van der Waals surface area contributed by atoms with Crippen LogP contribution in [-0.4, -0.2) is 33.3 Å². The Morgan fingerprint density at radius 2 is 2.22 bits per heavy atom. The Labute approximate surface area is 136 Å². The number of nitriles is 1. The van der Waals surface area contributed by atoms with E-state index in [0.717, 1.165) is 5.57 Å². The Bertz CT molecular complexity index is 806. The minimum Gasteiger partial charge on any atom is -0.310 e. The molecule has 0 amide bonds. The van der Waals surface area contributed by atoms with Gasteiger partial charge in [0.15, 0.2) is 5.78 Å². The molecule has 116 valence electrons. The van der Waals surface area contributed by atoms with Crippen LogP contribution in [0.5, 0.6) is 0 Å². The van der Waals surface area contributed by atoms with Gasteiger partial charge in [-0.2, -0.15) is 5.26 Å². The first kappa shape index (κ1) is 15.5. The van der Waals surface area contributed by atoms with Crippen LogP contribution in [0.4, 0.5) is 5.82 Å². The van der Waals surface area contributed by atoms with Gasteiger partial charge in [-0.3, -0.25) is 10.2 Å². The van der Waals surface area contributed by atoms with E-state index in [4.69, 9.17) is 5.41 Å². The Kier molecular flexibility index (Phi) is 3.42. The fourth-order valence-corrected chi connectivity index (χ4v) is 4.00. The average Bonchev–Trinajstić information content (AvgIpc) is 2.54. The van der Waals surface area contributed by atoms with Gasteiger partial charge in [-0.1, -0.05) is 6.08 Å². The molecule has 2 aliphatic rings. The lowest BCUT2D eigenvalue weighted by molar-refractivity contribution is -0.121. The van der Waals surface area contributed by atoms with Crippen LogP contribution in [0.25, 0.3) is 0 Å². The molecule has 1 aliphatic heterocycles. The highest BCUT2D eigenvalue weighted by molar-refractivity contribution is 7.22. The summed E-state index contributed by atoms with van der Waals surface area (Å²) in [6.45, 7) is 4.06. The molecule has 0 fully saturated rings. The lowest BCUT2D eigenvalue weighted by atomic mass is 9.65. The van der Waals surface area contributed by atoms with E-state index in [2.05, 4.69) is 19.2 Å². The quantitative estimate of drug-likeness (QED) is 0.628. The molecule has 0 saturated carbocycles. The highest BCUT2D eigenvalue weighted by Gasteiger charge is 2.52. The zero-order chi connectivity index (χ0) is 16.8. The molecule has 6 nitrogen and oxygen atoms in total. The van der Waals surface area contributed by atoms with E-state index in [9.17, 15) is 10.1 Å². The number of carbonyl (C=O) groups excluding carboxylic acids is 1. The van der Waals surface area contributed by atoms with E-state index in [1.165, 1.54) is 6.33 Å². The number of Topliss-reactive ketones (excluding diaryl/α,β-unsaturated/α-hetero) is 1. The summed E-state index contributed by atoms with van der Waals surface area (Å²) >= 11 is 0. The number of carbonyl (C=O) groups is 1. The van der Waals surface area contributed by atoms with Crippen LogP contribution in [-0.2, 0) is 4.79 Å². The van der Waals surface area contributed by atoms with Crippen LogP contribution in [0, 0.1) is 22.2 Å². The van der Waals surface area contributed by atoms with Crippen molar-refractivity contribution in [1.29, 1.82) is 10.7 Å². The van der Waals surface area contributed by atoms with E-state index in [1.807, 2.05) is 12.1 Å². The molecule has 0 aromatic carbocycles. The molecule has 2 atom stereocenters. The fraction of sp³-hybridized carbons (Fsp3) is 0.312. The summed E-state index contributed by atoms with van der Waals surface area (Å²) in [7, 11) is 2.64. The zero-order valence-electron chi connectivity index (χ0n) is 12.9. The second-order valence-electron chi connectivity index (χ2n) is 6.14. The van der Waals surface area contributed by atoms with Crippen LogP contribution < -0.4 is 4.90 Å². The molecule has 1 aromatic heterocycles. The van der Waals surface area contributed by atoms with Crippen molar-refractivity contribution >= 4 is 26.7 Å². The van der Waals surface area contributed by atoms with Gasteiger partial charge >= 0.3 is 0 Å². The molecule has 23 heavy (non-hydrogen) atoms. The van der Waals surface area contributed by atoms with E-state index < -0.39 is 10.6 Å². The van der Waals surface area contributed by atoms with Crippen molar-refractivity contribution in [3.63, 3.8) is 0 Å². The molecule has 0 spiro atoms. The van der Waals surface area contributed by atoms with Gasteiger partial charge in [-0.15, -0.1) is 9.24 Å². The number of nitrogens with zero attached hydrogens (tertiary/aromatic N) is 4. The van der Waals surface area contributed by atoms with Crippen molar-refractivity contribution in [3.8, 4) is 6.07 Å². The minimum atomic E-state index is -0.883. The number of rotatable bonds is 1. The minimum absolute atomic E-state index is 0.0939. The number of hydrogen-bond donors (Lipinski definition) is 1. The van der Waals surface area contributed by atoms with Crippen molar-refractivity contribution in [2.45, 2.75) is 19.0 Å². The monoisotopic (exact) mass is 325 g/mol. The van der Waals surface area contributed by atoms with Crippen LogP contribution >= 0.6 is 9.24 Å². The summed E-state index contributed by atoms with van der Waals surface area (Å²) in [5.41, 5.74) is 0.108. The number of ketones is 1. The molecular formula is C16H16N5OP. The van der Waals surface area contributed by atoms with Gasteiger partial charge in [-0.05, 0) is 31.6 Å². The summed E-state index contributed by atoms with van der Waals surface area (Å²) < 4.78 is 0. The van der Waals surface area contributed by atoms with Crippen LogP contribution in [0.15, 0.2) is 41.9 Å². The van der Waals surface area contributed by atoms with Crippen molar-refractivity contribution < 1.29 is 4.79 Å². The molecule has 1 aromatic rings. The normalized spacial score (nSPS) is 26.1. The number of nitrogens with one attached hydrogen (secondary N) is 1. The SMILES string of the molecule is CC1(C)C(=O)C(C#N)=C[C@@]2(P)C(=N)N(c3ccncn3)CC=C12. The molecular weight excluding hydrogens is 309 g/mol. The number of allylic oxidation sites excluding steroid dienone is 1. The Morgan fingerprint density at radius 1 is 1.48 bits per heavy atom. The maximum Gasteiger partial charge on any atom is 0.182 e. The smallest absolute Gasteiger partial charge is 0.182 e. The molecule has 1 aliphatic carbocycles. The van der Waals surface area contributed by atoms with Gasteiger partial charge in [0.2, 0.25) is 0 Å². The zero-order valence-corrected chi connectivity index (χ0v) is 14.0. The van der Waals surface area contributed by atoms with E-state index >= 15 is 0 Å². The average molecular weight is 325 g/mol. The Balaban J connectivity index is 2.17. The molecule has 0 bridgehead atoms. The lowest BCUT2D eigenvalue weighted by Gasteiger charge is -2.47. The predicted molar refractivity (Wildman–Crippen MR) is 90.1 cm³/mol. The van der Waals surface area contributed by atoms with E-state index in [0.29, 0.717) is 12.4 Å². The Morgan fingerprint density at radius 3 is 2.83 bits per heavy atom. The van der Waals surface area contributed by atoms with Gasteiger partial charge in [0.05, 0.1) is 16.1 Å². The van der Waals surface area contributed by atoms with Crippen molar-refractivity contribution in [1.82, 2.24) is 9.97 Å². The maximum absolute atomic E-state index is 12.5. The molecule has 7 heteroatoms. The number of fused-ring (bicyclic) bond motifs is 1. The predicted octanol–water partition coefficient (Wildman–Crippen LogP) is 1.87. The molecule has 2 heterocycles. The van der Waals surface area contributed by atoms with Crippen LogP contribution in [0.2, 0.25) is 0 Å². The highest BCUT2D eigenvalue weighted by atomic mass is 31.0. The summed E-state index contributed by atoms with van der Waals surface area (Å²) in [5, 5.41) is 17.1. The molecule has 1 N–H and O–H groups in total. The summed E-state index contributed by atoms with van der Waals surface area (Å²) in [6.07, 6.45) is 6.58. The van der Waals surface area contributed by atoms with Gasteiger partial charge < -0.3 is 4.90 Å². The van der Waals surface area contributed by atoms with Crippen molar-refractivity contribution in [2.24, 2.45) is 5.41 Å². The van der Waals surface area contributed by atoms with Gasteiger partial charge in [0.1, 0.15) is 24.1 Å². The van der Waals surface area contributed by atoms with E-state index in [1.54, 1.807) is 37.1 Å². The Hall–Kier alpha value is -2.38. The molecule has 3 rings (SSSR count). The van der Waals surface area contributed by atoms with Crippen LogP contribution in [0.1, 0.15) is 13.8 Å². The molecule has 0 saturated heterocycles. The first-order valence-electron chi connectivity index (χ1n) is 7.12. The summed E-state index contributed by atoms with van der Waals surface area (Å²) in [5.74, 6) is 0.684. The van der Waals surface area contributed by atoms with Gasteiger partial charge in [0, 0.05) is 12.7 Å². The third-order valence-electron chi connectivity index (χ3n) is 4.41. The largest absolute Gasteiger partial charge is 0.310 e. The maximum atomic E-state index is 12.5. The fourth-order valence-electron chi connectivity index (χ4n) is 3.20. The number of anilines is 1. The van der Waals surface area contributed by atoms with Gasteiger partial charge in [0.25, 0.3) is 0 Å². The third kappa shape index (κ3) is 2.12. The lowest BCUT2D eigenvalue weighted by Crippen LogP contribution is -2.55. The summed E-state index contributed by atoms with van der Waals surface area (Å²) in [6, 6.07) is 3.70. The van der Waals surface area contributed by atoms with Crippen LogP contribution in [0.3, 0.4) is 0 Å². The standard InChI is InChI=1S/C16H16N5OP/c1-15(2)11-4-6-21(12-3-5-19-9-20-12)14(18)16(11,23)7-10(8-17)13(15)22/h3-5,7,9,18H,6,23H2,1-2H3/t16-/m0/s1. The first-order valence-corrected chi connectivity index (χ1v) is 7.70.